The minimum absolute atomic E-state index is 0.795. The number of allylic oxidation sites excluding steroid dienone is 1. The van der Waals surface area contributed by atoms with Gasteiger partial charge in [-0.15, -0.1) is 12.3 Å². The van der Waals surface area contributed by atoms with Gasteiger partial charge in [0.2, 0.25) is 0 Å². The zero-order valence-corrected chi connectivity index (χ0v) is 7.77. The molecule has 0 heterocycles. The summed E-state index contributed by atoms with van der Waals surface area (Å²) in [6.07, 6.45) is 12.1. The van der Waals surface area contributed by atoms with Crippen molar-refractivity contribution in [2.24, 2.45) is 0 Å². The van der Waals surface area contributed by atoms with E-state index in [2.05, 4.69) is 24.2 Å². The normalized spacial score (nSPS) is 17.5. The van der Waals surface area contributed by atoms with Crippen molar-refractivity contribution >= 4 is 0 Å². The monoisotopic (exact) mass is 163 g/mol. The molecule has 66 valence electrons. The summed E-state index contributed by atoms with van der Waals surface area (Å²) >= 11 is 0. The van der Waals surface area contributed by atoms with E-state index in [4.69, 9.17) is 6.42 Å². The van der Waals surface area contributed by atoms with Gasteiger partial charge >= 0.3 is 0 Å². The summed E-state index contributed by atoms with van der Waals surface area (Å²) in [6.45, 7) is 3.20. The molecule has 0 aromatic rings. The first-order chi connectivity index (χ1) is 5.83. The first kappa shape index (κ1) is 9.35. The van der Waals surface area contributed by atoms with E-state index in [9.17, 15) is 0 Å². The smallest absolute Gasteiger partial charge is 0.0293 e. The maximum absolute atomic E-state index is 5.19. The molecule has 0 bridgehead atoms. The van der Waals surface area contributed by atoms with Gasteiger partial charge in [0.05, 0.1) is 0 Å². The molecule has 1 aliphatic carbocycles. The SMILES string of the molecule is C#CCC(C)=CCCNC1CC1. The highest BCUT2D eigenvalue weighted by molar-refractivity contribution is 5.07. The quantitative estimate of drug-likeness (QED) is 0.372. The van der Waals surface area contributed by atoms with Gasteiger partial charge in [0.15, 0.2) is 0 Å². The van der Waals surface area contributed by atoms with E-state index in [0.29, 0.717) is 0 Å². The van der Waals surface area contributed by atoms with Gasteiger partial charge in [-0.3, -0.25) is 0 Å². The molecular formula is C11H17N. The van der Waals surface area contributed by atoms with Gasteiger partial charge in [0.25, 0.3) is 0 Å². The number of terminal acetylenes is 1. The Kier molecular flexibility index (Phi) is 3.90. The molecule has 1 rings (SSSR count). The highest BCUT2D eigenvalue weighted by Crippen LogP contribution is 2.18. The molecule has 0 saturated heterocycles. The van der Waals surface area contributed by atoms with Crippen LogP contribution >= 0.6 is 0 Å². The molecule has 12 heavy (non-hydrogen) atoms. The standard InChI is InChI=1S/C11H17N/c1-3-5-10(2)6-4-9-12-11-7-8-11/h1,6,11-12H,4-5,7-9H2,2H3. The van der Waals surface area contributed by atoms with Gasteiger partial charge in [0.1, 0.15) is 0 Å². The molecule has 0 aromatic heterocycles. The Morgan fingerprint density at radius 2 is 2.42 bits per heavy atom. The van der Waals surface area contributed by atoms with Crippen LogP contribution in [0.5, 0.6) is 0 Å². The molecule has 1 heteroatoms. The molecule has 0 unspecified atom stereocenters. The van der Waals surface area contributed by atoms with Gasteiger partial charge in [0, 0.05) is 12.5 Å². The Morgan fingerprint density at radius 1 is 1.67 bits per heavy atom. The molecule has 0 atom stereocenters. The van der Waals surface area contributed by atoms with Gasteiger partial charge in [-0.2, -0.15) is 0 Å². The van der Waals surface area contributed by atoms with Crippen molar-refractivity contribution in [1.82, 2.24) is 5.32 Å². The second-order valence-electron chi connectivity index (χ2n) is 3.45. The van der Waals surface area contributed by atoms with Crippen LogP contribution in [0.4, 0.5) is 0 Å². The van der Waals surface area contributed by atoms with Crippen LogP contribution in [0.3, 0.4) is 0 Å². The second kappa shape index (κ2) is 5.00. The third kappa shape index (κ3) is 4.20. The van der Waals surface area contributed by atoms with Crippen LogP contribution in [-0.2, 0) is 0 Å². The van der Waals surface area contributed by atoms with Crippen LogP contribution < -0.4 is 5.32 Å². The molecular weight excluding hydrogens is 146 g/mol. The number of hydrogen-bond donors (Lipinski definition) is 1. The molecule has 1 saturated carbocycles. The average Bonchev–Trinajstić information content (AvgIpc) is 2.82. The fourth-order valence-corrected chi connectivity index (χ4v) is 1.13. The van der Waals surface area contributed by atoms with E-state index in [1.165, 1.54) is 18.4 Å². The molecule has 0 spiro atoms. The highest BCUT2D eigenvalue weighted by Gasteiger charge is 2.19. The van der Waals surface area contributed by atoms with Crippen molar-refractivity contribution in [3.05, 3.63) is 11.6 Å². The Labute approximate surface area is 75.2 Å². The Balaban J connectivity index is 1.98. The van der Waals surface area contributed by atoms with Gasteiger partial charge in [-0.1, -0.05) is 11.6 Å². The van der Waals surface area contributed by atoms with E-state index >= 15 is 0 Å². The zero-order chi connectivity index (χ0) is 8.81. The van der Waals surface area contributed by atoms with Crippen LogP contribution in [0.15, 0.2) is 11.6 Å². The average molecular weight is 163 g/mol. The summed E-state index contributed by atoms with van der Waals surface area (Å²) in [4.78, 5) is 0. The van der Waals surface area contributed by atoms with E-state index in [1.54, 1.807) is 0 Å². The molecule has 0 aliphatic heterocycles. The topological polar surface area (TPSA) is 12.0 Å². The van der Waals surface area contributed by atoms with Crippen molar-refractivity contribution in [3.8, 4) is 12.3 Å². The fraction of sp³-hybridized carbons (Fsp3) is 0.636. The lowest BCUT2D eigenvalue weighted by molar-refractivity contribution is 0.688. The van der Waals surface area contributed by atoms with Gasteiger partial charge < -0.3 is 5.32 Å². The molecule has 1 nitrogen and oxygen atoms in total. The minimum Gasteiger partial charge on any atom is -0.314 e. The summed E-state index contributed by atoms with van der Waals surface area (Å²) in [6, 6.07) is 0.825. The Morgan fingerprint density at radius 3 is 3.00 bits per heavy atom. The maximum Gasteiger partial charge on any atom is 0.0293 e. The number of hydrogen-bond acceptors (Lipinski definition) is 1. The lowest BCUT2D eigenvalue weighted by Gasteiger charge is -1.98. The zero-order valence-electron chi connectivity index (χ0n) is 7.77. The Hall–Kier alpha value is -0.740. The first-order valence-corrected chi connectivity index (χ1v) is 4.65. The molecule has 1 aliphatic rings. The van der Waals surface area contributed by atoms with Crippen molar-refractivity contribution in [2.75, 3.05) is 6.54 Å². The van der Waals surface area contributed by atoms with Gasteiger partial charge in [-0.05, 0) is 32.7 Å². The van der Waals surface area contributed by atoms with E-state index in [-0.39, 0.29) is 0 Å². The van der Waals surface area contributed by atoms with E-state index in [0.717, 1.165) is 25.4 Å². The third-order valence-electron chi connectivity index (χ3n) is 2.03. The predicted octanol–water partition coefficient (Wildman–Crippen LogP) is 2.10. The van der Waals surface area contributed by atoms with E-state index < -0.39 is 0 Å². The summed E-state index contributed by atoms with van der Waals surface area (Å²) in [7, 11) is 0. The van der Waals surface area contributed by atoms with Crippen molar-refractivity contribution in [1.29, 1.82) is 0 Å². The van der Waals surface area contributed by atoms with Crippen LogP contribution in [0.2, 0.25) is 0 Å². The molecule has 0 aromatic carbocycles. The first-order valence-electron chi connectivity index (χ1n) is 4.65. The molecule has 1 N–H and O–H groups in total. The van der Waals surface area contributed by atoms with Crippen LogP contribution in [0, 0.1) is 12.3 Å². The summed E-state index contributed by atoms with van der Waals surface area (Å²) in [5.41, 5.74) is 1.31. The van der Waals surface area contributed by atoms with Crippen molar-refractivity contribution < 1.29 is 0 Å². The van der Waals surface area contributed by atoms with Crippen LogP contribution in [0.25, 0.3) is 0 Å². The fourth-order valence-electron chi connectivity index (χ4n) is 1.13. The summed E-state index contributed by atoms with van der Waals surface area (Å²) in [5, 5.41) is 3.46. The lowest BCUT2D eigenvalue weighted by Crippen LogP contribution is -2.16. The van der Waals surface area contributed by atoms with Crippen LogP contribution in [0.1, 0.15) is 32.6 Å². The van der Waals surface area contributed by atoms with E-state index in [1.807, 2.05) is 0 Å². The second-order valence-corrected chi connectivity index (χ2v) is 3.45. The number of nitrogens with one attached hydrogen (secondary N) is 1. The minimum atomic E-state index is 0.795. The predicted molar refractivity (Wildman–Crippen MR) is 52.8 cm³/mol. The number of rotatable bonds is 5. The summed E-state index contributed by atoms with van der Waals surface area (Å²) in [5.74, 6) is 2.64. The van der Waals surface area contributed by atoms with Gasteiger partial charge in [-0.25, -0.2) is 0 Å². The van der Waals surface area contributed by atoms with Crippen molar-refractivity contribution in [3.63, 3.8) is 0 Å². The van der Waals surface area contributed by atoms with Crippen LogP contribution in [-0.4, -0.2) is 12.6 Å². The third-order valence-corrected chi connectivity index (χ3v) is 2.03. The molecule has 1 fully saturated rings. The highest BCUT2D eigenvalue weighted by atomic mass is 14.9. The lowest BCUT2D eigenvalue weighted by atomic mass is 10.2. The Bertz CT molecular complexity index is 194. The van der Waals surface area contributed by atoms with Crippen molar-refractivity contribution in [2.45, 2.75) is 38.6 Å². The summed E-state index contributed by atoms with van der Waals surface area (Å²) < 4.78 is 0. The largest absolute Gasteiger partial charge is 0.314 e. The maximum atomic E-state index is 5.19. The molecule has 0 radical (unpaired) electrons. The molecule has 0 amide bonds.